The first-order valence-electron chi connectivity index (χ1n) is 6.34. The van der Waals surface area contributed by atoms with E-state index in [-0.39, 0.29) is 0 Å². The van der Waals surface area contributed by atoms with Gasteiger partial charge in [0.1, 0.15) is 0 Å². The SMILES string of the molecule is COC[C@@H]1CNCC[C@@H]1Cc1ccc(Cl)c(Cl)c1. The first-order chi connectivity index (χ1) is 8.70. The van der Waals surface area contributed by atoms with Crippen LogP contribution in [0.25, 0.3) is 0 Å². The highest BCUT2D eigenvalue weighted by Crippen LogP contribution is 2.28. The summed E-state index contributed by atoms with van der Waals surface area (Å²) in [6.07, 6.45) is 2.24. The van der Waals surface area contributed by atoms with Gasteiger partial charge in [-0.1, -0.05) is 29.3 Å². The van der Waals surface area contributed by atoms with Crippen molar-refractivity contribution >= 4 is 23.2 Å². The number of benzene rings is 1. The first kappa shape index (κ1) is 14.1. The number of piperidine rings is 1. The van der Waals surface area contributed by atoms with Gasteiger partial charge in [0.15, 0.2) is 0 Å². The fourth-order valence-corrected chi connectivity index (χ4v) is 2.95. The maximum atomic E-state index is 6.06. The molecular formula is C14H19Cl2NO. The molecule has 1 fully saturated rings. The van der Waals surface area contributed by atoms with Crippen molar-refractivity contribution in [1.29, 1.82) is 0 Å². The molecule has 0 saturated carbocycles. The van der Waals surface area contributed by atoms with E-state index in [0.29, 0.717) is 21.9 Å². The Labute approximate surface area is 119 Å². The van der Waals surface area contributed by atoms with E-state index in [9.17, 15) is 0 Å². The monoisotopic (exact) mass is 287 g/mol. The van der Waals surface area contributed by atoms with E-state index < -0.39 is 0 Å². The van der Waals surface area contributed by atoms with Crippen LogP contribution in [-0.2, 0) is 11.2 Å². The van der Waals surface area contributed by atoms with Gasteiger partial charge in [-0.15, -0.1) is 0 Å². The number of hydrogen-bond acceptors (Lipinski definition) is 2. The molecule has 1 aliphatic rings. The molecule has 1 heterocycles. The van der Waals surface area contributed by atoms with Gasteiger partial charge in [0.2, 0.25) is 0 Å². The van der Waals surface area contributed by atoms with E-state index >= 15 is 0 Å². The largest absolute Gasteiger partial charge is 0.384 e. The smallest absolute Gasteiger partial charge is 0.0595 e. The second-order valence-corrected chi connectivity index (χ2v) is 5.74. The zero-order valence-corrected chi connectivity index (χ0v) is 12.1. The Morgan fingerprint density at radius 3 is 2.83 bits per heavy atom. The molecular weight excluding hydrogens is 269 g/mol. The van der Waals surface area contributed by atoms with Crippen molar-refractivity contribution < 1.29 is 4.74 Å². The molecule has 0 amide bonds. The summed E-state index contributed by atoms with van der Waals surface area (Å²) in [6, 6.07) is 5.93. The highest BCUT2D eigenvalue weighted by molar-refractivity contribution is 6.42. The van der Waals surface area contributed by atoms with Gasteiger partial charge in [-0.3, -0.25) is 0 Å². The van der Waals surface area contributed by atoms with Crippen LogP contribution in [0.15, 0.2) is 18.2 Å². The third-order valence-electron chi connectivity index (χ3n) is 3.63. The topological polar surface area (TPSA) is 21.3 Å². The van der Waals surface area contributed by atoms with Gasteiger partial charge in [0.05, 0.1) is 16.7 Å². The van der Waals surface area contributed by atoms with Crippen LogP contribution >= 0.6 is 23.2 Å². The van der Waals surface area contributed by atoms with Gasteiger partial charge < -0.3 is 10.1 Å². The summed E-state index contributed by atoms with van der Waals surface area (Å²) >= 11 is 12.0. The normalized spacial score (nSPS) is 24.2. The molecule has 0 aromatic heterocycles. The maximum Gasteiger partial charge on any atom is 0.0595 e. The lowest BCUT2D eigenvalue weighted by Crippen LogP contribution is -2.39. The standard InChI is InChI=1S/C14H19Cl2NO/c1-18-9-12-8-17-5-4-11(12)6-10-2-3-13(15)14(16)7-10/h2-3,7,11-12,17H,4-6,8-9H2,1H3/t11-,12+/m1/s1. The quantitative estimate of drug-likeness (QED) is 0.916. The van der Waals surface area contributed by atoms with Crippen LogP contribution in [0.1, 0.15) is 12.0 Å². The highest BCUT2D eigenvalue weighted by Gasteiger charge is 2.25. The van der Waals surface area contributed by atoms with Crippen LogP contribution in [0.3, 0.4) is 0 Å². The summed E-state index contributed by atoms with van der Waals surface area (Å²) < 4.78 is 5.30. The molecule has 0 radical (unpaired) electrons. The number of methoxy groups -OCH3 is 1. The molecule has 2 rings (SSSR count). The molecule has 2 atom stereocenters. The van der Waals surface area contributed by atoms with E-state index in [1.807, 2.05) is 12.1 Å². The van der Waals surface area contributed by atoms with Crippen LogP contribution < -0.4 is 5.32 Å². The number of ether oxygens (including phenoxy) is 1. The first-order valence-corrected chi connectivity index (χ1v) is 7.10. The molecule has 1 aliphatic heterocycles. The number of hydrogen-bond donors (Lipinski definition) is 1. The van der Waals surface area contributed by atoms with Crippen LogP contribution in [0.4, 0.5) is 0 Å². The Bertz CT molecular complexity index is 395. The molecule has 1 N–H and O–H groups in total. The fraction of sp³-hybridized carbons (Fsp3) is 0.571. The van der Waals surface area contributed by atoms with Crippen LogP contribution in [0.5, 0.6) is 0 Å². The third-order valence-corrected chi connectivity index (χ3v) is 4.37. The fourth-order valence-electron chi connectivity index (χ4n) is 2.62. The third kappa shape index (κ3) is 3.61. The summed E-state index contributed by atoms with van der Waals surface area (Å²) in [5.74, 6) is 1.24. The van der Waals surface area contributed by atoms with Crippen LogP contribution in [-0.4, -0.2) is 26.8 Å². The molecule has 18 heavy (non-hydrogen) atoms. The molecule has 0 unspecified atom stereocenters. The van der Waals surface area contributed by atoms with Gasteiger partial charge in [0.25, 0.3) is 0 Å². The van der Waals surface area contributed by atoms with E-state index in [4.69, 9.17) is 27.9 Å². The van der Waals surface area contributed by atoms with Crippen molar-refractivity contribution in [3.63, 3.8) is 0 Å². The van der Waals surface area contributed by atoms with Crippen molar-refractivity contribution in [2.75, 3.05) is 26.8 Å². The van der Waals surface area contributed by atoms with E-state index in [2.05, 4.69) is 11.4 Å². The number of rotatable bonds is 4. The lowest BCUT2D eigenvalue weighted by molar-refractivity contribution is 0.102. The molecule has 100 valence electrons. The zero-order valence-electron chi connectivity index (χ0n) is 10.6. The highest BCUT2D eigenvalue weighted by atomic mass is 35.5. The van der Waals surface area contributed by atoms with Crippen molar-refractivity contribution in [2.24, 2.45) is 11.8 Å². The summed E-state index contributed by atoms with van der Waals surface area (Å²) in [4.78, 5) is 0. The maximum absolute atomic E-state index is 6.06. The van der Waals surface area contributed by atoms with Gasteiger partial charge in [-0.2, -0.15) is 0 Å². The average molecular weight is 288 g/mol. The Balaban J connectivity index is 2.03. The molecule has 1 aromatic carbocycles. The summed E-state index contributed by atoms with van der Waals surface area (Å²) in [5.41, 5.74) is 1.26. The second kappa shape index (κ2) is 6.76. The van der Waals surface area contributed by atoms with Gasteiger partial charge in [-0.25, -0.2) is 0 Å². The van der Waals surface area contributed by atoms with Crippen molar-refractivity contribution in [3.8, 4) is 0 Å². The van der Waals surface area contributed by atoms with E-state index in [1.54, 1.807) is 7.11 Å². The summed E-state index contributed by atoms with van der Waals surface area (Å²) in [5, 5.41) is 4.70. The molecule has 4 heteroatoms. The number of nitrogens with one attached hydrogen (secondary N) is 1. The predicted octanol–water partition coefficient (Wildman–Crippen LogP) is 3.41. The van der Waals surface area contributed by atoms with Gasteiger partial charge in [0, 0.05) is 13.7 Å². The van der Waals surface area contributed by atoms with E-state index in [1.165, 1.54) is 12.0 Å². The lowest BCUT2D eigenvalue weighted by Gasteiger charge is -2.31. The molecule has 1 aromatic rings. The van der Waals surface area contributed by atoms with E-state index in [0.717, 1.165) is 26.1 Å². The Morgan fingerprint density at radius 2 is 2.11 bits per heavy atom. The molecule has 0 spiro atoms. The predicted molar refractivity (Wildman–Crippen MR) is 76.5 cm³/mol. The molecule has 0 bridgehead atoms. The molecule has 0 aliphatic carbocycles. The minimum absolute atomic E-state index is 0.582. The summed E-state index contributed by atoms with van der Waals surface area (Å²) in [6.45, 7) is 2.95. The summed E-state index contributed by atoms with van der Waals surface area (Å²) in [7, 11) is 1.77. The van der Waals surface area contributed by atoms with Gasteiger partial charge >= 0.3 is 0 Å². The Kier molecular flexibility index (Phi) is 5.31. The van der Waals surface area contributed by atoms with Crippen LogP contribution in [0, 0.1) is 11.8 Å². The van der Waals surface area contributed by atoms with Crippen molar-refractivity contribution in [1.82, 2.24) is 5.32 Å². The average Bonchev–Trinajstić information content (AvgIpc) is 2.37. The molecule has 2 nitrogen and oxygen atoms in total. The number of halogens is 2. The van der Waals surface area contributed by atoms with Gasteiger partial charge in [-0.05, 0) is 48.9 Å². The lowest BCUT2D eigenvalue weighted by atomic mass is 9.82. The van der Waals surface area contributed by atoms with Crippen molar-refractivity contribution in [2.45, 2.75) is 12.8 Å². The second-order valence-electron chi connectivity index (χ2n) is 4.92. The minimum Gasteiger partial charge on any atom is -0.384 e. The van der Waals surface area contributed by atoms with Crippen LogP contribution in [0.2, 0.25) is 10.0 Å². The Morgan fingerprint density at radius 1 is 1.28 bits per heavy atom. The zero-order chi connectivity index (χ0) is 13.0. The van der Waals surface area contributed by atoms with Crippen molar-refractivity contribution in [3.05, 3.63) is 33.8 Å². The Hall–Kier alpha value is -0.280. The minimum atomic E-state index is 0.582. The molecule has 1 saturated heterocycles.